The molecule has 0 heterocycles. The van der Waals surface area contributed by atoms with Crippen LogP contribution in [0.2, 0.25) is 0 Å². The number of hydrogen-bond donors (Lipinski definition) is 2. The van der Waals surface area contributed by atoms with Gasteiger partial charge in [0.15, 0.2) is 11.6 Å². The van der Waals surface area contributed by atoms with E-state index in [0.717, 1.165) is 17.7 Å². The van der Waals surface area contributed by atoms with E-state index in [-0.39, 0.29) is 17.6 Å². The predicted octanol–water partition coefficient (Wildman–Crippen LogP) is 3.64. The maximum absolute atomic E-state index is 13.1. The van der Waals surface area contributed by atoms with Crippen molar-refractivity contribution in [3.05, 3.63) is 65.7 Å². The summed E-state index contributed by atoms with van der Waals surface area (Å²) in [4.78, 5) is 12.1. The van der Waals surface area contributed by atoms with Gasteiger partial charge in [0.25, 0.3) is 0 Å². The van der Waals surface area contributed by atoms with Crippen LogP contribution in [0.15, 0.2) is 48.5 Å². The highest BCUT2D eigenvalue weighted by atomic mass is 19.2. The minimum atomic E-state index is -0.990. The quantitative estimate of drug-likeness (QED) is 0.885. The number of carbonyl (C=O) groups excluding carboxylic acids is 1. The molecule has 0 fully saturated rings. The number of nitrogens with one attached hydrogen (secondary N) is 2. The van der Waals surface area contributed by atoms with Crippen LogP contribution >= 0.6 is 0 Å². The van der Waals surface area contributed by atoms with Crippen molar-refractivity contribution < 1.29 is 13.6 Å². The molecular weight excluding hydrogens is 286 g/mol. The van der Waals surface area contributed by atoms with E-state index in [0.29, 0.717) is 0 Å². The summed E-state index contributed by atoms with van der Waals surface area (Å²) in [6, 6.07) is 12.5. The lowest BCUT2D eigenvalue weighted by Crippen LogP contribution is -2.39. The molecule has 0 aromatic heterocycles. The lowest BCUT2D eigenvalue weighted by atomic mass is 10.1. The average Bonchev–Trinajstić information content (AvgIpc) is 2.51. The van der Waals surface area contributed by atoms with Crippen molar-refractivity contribution in [2.45, 2.75) is 25.9 Å². The molecule has 22 heavy (non-hydrogen) atoms. The van der Waals surface area contributed by atoms with Crippen LogP contribution < -0.4 is 10.6 Å². The van der Waals surface area contributed by atoms with E-state index in [1.807, 2.05) is 37.3 Å². The van der Waals surface area contributed by atoms with Gasteiger partial charge >= 0.3 is 0 Å². The molecule has 2 aromatic carbocycles. The number of rotatable bonds is 5. The molecule has 0 bridgehead atoms. The standard InChI is InChI=1S/C17H18F2N2O/c1-11(13-6-4-3-5-7-13)20-12(2)17(22)21-14-8-9-15(18)16(19)10-14/h3-12,20H,1-2H3,(H,21,22)/t11-,12-/m0/s1. The molecule has 0 saturated carbocycles. The second kappa shape index (κ2) is 7.13. The van der Waals surface area contributed by atoms with Crippen molar-refractivity contribution >= 4 is 11.6 Å². The van der Waals surface area contributed by atoms with Gasteiger partial charge in [-0.15, -0.1) is 0 Å². The summed E-state index contributed by atoms with van der Waals surface area (Å²) in [7, 11) is 0. The summed E-state index contributed by atoms with van der Waals surface area (Å²) in [5.74, 6) is -2.24. The Balaban J connectivity index is 1.95. The molecule has 2 rings (SSSR count). The maximum Gasteiger partial charge on any atom is 0.241 e. The van der Waals surface area contributed by atoms with Gasteiger partial charge < -0.3 is 5.32 Å². The summed E-state index contributed by atoms with van der Waals surface area (Å²) >= 11 is 0. The Morgan fingerprint density at radius 1 is 1.00 bits per heavy atom. The molecule has 0 aliphatic rings. The topological polar surface area (TPSA) is 41.1 Å². The zero-order valence-electron chi connectivity index (χ0n) is 12.4. The zero-order valence-corrected chi connectivity index (χ0v) is 12.4. The van der Waals surface area contributed by atoms with E-state index in [1.165, 1.54) is 6.07 Å². The molecule has 2 N–H and O–H groups in total. The van der Waals surface area contributed by atoms with Gasteiger partial charge in [-0.3, -0.25) is 10.1 Å². The fraction of sp³-hybridized carbons (Fsp3) is 0.235. The van der Waals surface area contributed by atoms with Gasteiger partial charge in [0.05, 0.1) is 6.04 Å². The first-order valence-corrected chi connectivity index (χ1v) is 7.04. The normalized spacial score (nSPS) is 13.5. The van der Waals surface area contributed by atoms with Crippen molar-refractivity contribution in [1.82, 2.24) is 5.32 Å². The molecule has 0 spiro atoms. The molecule has 0 saturated heterocycles. The lowest BCUT2D eigenvalue weighted by molar-refractivity contribution is -0.117. The second-order valence-electron chi connectivity index (χ2n) is 5.14. The third kappa shape index (κ3) is 4.11. The lowest BCUT2D eigenvalue weighted by Gasteiger charge is -2.20. The summed E-state index contributed by atoms with van der Waals surface area (Å²) in [6.07, 6.45) is 0. The van der Waals surface area contributed by atoms with E-state index < -0.39 is 17.7 Å². The maximum atomic E-state index is 13.1. The number of carbonyl (C=O) groups is 1. The largest absolute Gasteiger partial charge is 0.325 e. The Morgan fingerprint density at radius 2 is 1.68 bits per heavy atom. The molecule has 0 unspecified atom stereocenters. The summed E-state index contributed by atoms with van der Waals surface area (Å²) < 4.78 is 26.0. The number of benzene rings is 2. The Hall–Kier alpha value is -2.27. The van der Waals surface area contributed by atoms with Gasteiger partial charge in [-0.25, -0.2) is 8.78 Å². The number of anilines is 1. The van der Waals surface area contributed by atoms with Crippen LogP contribution in [-0.4, -0.2) is 11.9 Å². The van der Waals surface area contributed by atoms with Crippen molar-refractivity contribution in [2.24, 2.45) is 0 Å². The molecule has 1 amide bonds. The fourth-order valence-electron chi connectivity index (χ4n) is 2.11. The van der Waals surface area contributed by atoms with Gasteiger partial charge in [-0.05, 0) is 31.5 Å². The molecular formula is C17H18F2N2O. The molecule has 116 valence electrons. The van der Waals surface area contributed by atoms with E-state index in [4.69, 9.17) is 0 Å². The number of hydrogen-bond acceptors (Lipinski definition) is 2. The summed E-state index contributed by atoms with van der Waals surface area (Å²) in [5.41, 5.74) is 1.29. The molecule has 0 aliphatic carbocycles. The van der Waals surface area contributed by atoms with E-state index in [9.17, 15) is 13.6 Å². The minimum Gasteiger partial charge on any atom is -0.325 e. The molecule has 3 nitrogen and oxygen atoms in total. The molecule has 0 aliphatic heterocycles. The van der Waals surface area contributed by atoms with Crippen molar-refractivity contribution in [2.75, 3.05) is 5.32 Å². The van der Waals surface area contributed by atoms with Gasteiger partial charge in [0.1, 0.15) is 0 Å². The van der Waals surface area contributed by atoms with Crippen molar-refractivity contribution in [3.63, 3.8) is 0 Å². The van der Waals surface area contributed by atoms with Crippen molar-refractivity contribution in [3.8, 4) is 0 Å². The van der Waals surface area contributed by atoms with E-state index in [2.05, 4.69) is 10.6 Å². The van der Waals surface area contributed by atoms with Crippen LogP contribution in [0.4, 0.5) is 14.5 Å². The van der Waals surface area contributed by atoms with E-state index in [1.54, 1.807) is 6.92 Å². The summed E-state index contributed by atoms with van der Waals surface area (Å²) in [5, 5.41) is 5.72. The second-order valence-corrected chi connectivity index (χ2v) is 5.14. The monoisotopic (exact) mass is 304 g/mol. The Bertz CT molecular complexity index is 646. The first-order valence-electron chi connectivity index (χ1n) is 7.04. The predicted molar refractivity (Wildman–Crippen MR) is 82.4 cm³/mol. The first-order chi connectivity index (χ1) is 10.5. The Morgan fingerprint density at radius 3 is 2.32 bits per heavy atom. The zero-order chi connectivity index (χ0) is 16.1. The first kappa shape index (κ1) is 16.1. The highest BCUT2D eigenvalue weighted by Gasteiger charge is 2.16. The van der Waals surface area contributed by atoms with Crippen LogP contribution in [0.1, 0.15) is 25.5 Å². The van der Waals surface area contributed by atoms with Crippen LogP contribution in [0.25, 0.3) is 0 Å². The van der Waals surface area contributed by atoms with Gasteiger partial charge in [0.2, 0.25) is 5.91 Å². The van der Waals surface area contributed by atoms with Crippen LogP contribution in [-0.2, 0) is 4.79 Å². The molecule has 0 radical (unpaired) electrons. The molecule has 2 aromatic rings. The van der Waals surface area contributed by atoms with Crippen LogP contribution in [0, 0.1) is 11.6 Å². The fourth-order valence-corrected chi connectivity index (χ4v) is 2.11. The van der Waals surface area contributed by atoms with Crippen LogP contribution in [0.3, 0.4) is 0 Å². The van der Waals surface area contributed by atoms with Gasteiger partial charge in [-0.2, -0.15) is 0 Å². The third-order valence-electron chi connectivity index (χ3n) is 3.38. The third-order valence-corrected chi connectivity index (χ3v) is 3.38. The summed E-state index contributed by atoms with van der Waals surface area (Å²) in [6.45, 7) is 3.67. The number of amides is 1. The highest BCUT2D eigenvalue weighted by Crippen LogP contribution is 2.15. The minimum absolute atomic E-state index is 0.00750. The molecule has 2 atom stereocenters. The van der Waals surface area contributed by atoms with E-state index >= 15 is 0 Å². The van der Waals surface area contributed by atoms with Crippen molar-refractivity contribution in [1.29, 1.82) is 0 Å². The molecule has 5 heteroatoms. The average molecular weight is 304 g/mol. The van der Waals surface area contributed by atoms with Gasteiger partial charge in [-0.1, -0.05) is 30.3 Å². The highest BCUT2D eigenvalue weighted by molar-refractivity contribution is 5.94. The Labute approximate surface area is 128 Å². The SMILES string of the molecule is C[C@H](N[C@@H](C)c1ccccc1)C(=O)Nc1ccc(F)c(F)c1. The number of halogens is 2. The Kier molecular flexibility index (Phi) is 5.22. The smallest absolute Gasteiger partial charge is 0.241 e. The van der Waals surface area contributed by atoms with Crippen LogP contribution in [0.5, 0.6) is 0 Å². The van der Waals surface area contributed by atoms with Gasteiger partial charge in [0, 0.05) is 17.8 Å².